The number of fused-ring (bicyclic) bond motifs is 2. The lowest BCUT2D eigenvalue weighted by Gasteiger charge is -2.36. The predicted octanol–water partition coefficient (Wildman–Crippen LogP) is 6.93. The molecule has 0 amide bonds. The lowest BCUT2D eigenvalue weighted by atomic mass is 9.96. The smallest absolute Gasteiger partial charge is 0.142 e. The summed E-state index contributed by atoms with van der Waals surface area (Å²) in [6, 6.07) is 5.74. The van der Waals surface area contributed by atoms with Gasteiger partial charge in [-0.1, -0.05) is 74.1 Å². The molecule has 0 atom stereocenters. The van der Waals surface area contributed by atoms with Crippen LogP contribution in [0.5, 0.6) is 0 Å². The summed E-state index contributed by atoms with van der Waals surface area (Å²) in [4.78, 5) is 12.0. The van der Waals surface area contributed by atoms with Gasteiger partial charge in [-0.3, -0.25) is 0 Å². The molecule has 35 heavy (non-hydrogen) atoms. The van der Waals surface area contributed by atoms with E-state index in [9.17, 15) is 0 Å². The molecule has 4 rings (SSSR count). The van der Waals surface area contributed by atoms with E-state index in [1.165, 1.54) is 6.33 Å². The Morgan fingerprint density at radius 2 is 1.94 bits per heavy atom. The molecule has 0 bridgehead atoms. The molecule has 1 aromatic carbocycles. The number of nitrogens with two attached hydrogens (primary N) is 1. The van der Waals surface area contributed by atoms with Crippen LogP contribution in [-0.2, 0) is 0 Å². The molecule has 182 valence electrons. The summed E-state index contributed by atoms with van der Waals surface area (Å²) in [5.74, 6) is 1.23. The Balaban J connectivity index is 0.000000223. The van der Waals surface area contributed by atoms with Gasteiger partial charge in [0.15, 0.2) is 0 Å². The van der Waals surface area contributed by atoms with E-state index in [1.807, 2.05) is 60.2 Å². The SMILES string of the molecule is C=C/C(=C\C=C/C)N1C(=C)c2c(Cl)cccc2C(Cl)=C1CC.C=C1c2c(N)ncnc2NCN1C. The van der Waals surface area contributed by atoms with Crippen molar-refractivity contribution in [2.45, 2.75) is 20.3 Å². The third kappa shape index (κ3) is 5.14. The van der Waals surface area contributed by atoms with Crippen LogP contribution in [0.1, 0.15) is 37.0 Å². The summed E-state index contributed by atoms with van der Waals surface area (Å²) in [5, 5.41) is 4.47. The zero-order valence-corrected chi connectivity index (χ0v) is 21.8. The van der Waals surface area contributed by atoms with Gasteiger partial charge in [0.2, 0.25) is 0 Å². The van der Waals surface area contributed by atoms with Crippen molar-refractivity contribution in [3.05, 3.63) is 102 Å². The molecule has 6 nitrogen and oxygen atoms in total. The van der Waals surface area contributed by atoms with E-state index in [0.717, 1.165) is 51.7 Å². The monoisotopic (exact) mass is 508 g/mol. The van der Waals surface area contributed by atoms with E-state index in [0.29, 0.717) is 22.5 Å². The van der Waals surface area contributed by atoms with Crippen molar-refractivity contribution in [3.8, 4) is 0 Å². The van der Waals surface area contributed by atoms with Crippen LogP contribution in [0.25, 0.3) is 16.4 Å². The average Bonchev–Trinajstić information content (AvgIpc) is 2.85. The lowest BCUT2D eigenvalue weighted by Crippen LogP contribution is -2.30. The van der Waals surface area contributed by atoms with Crippen molar-refractivity contribution in [2.75, 3.05) is 24.8 Å². The number of nitrogen functional groups attached to an aromatic ring is 1. The van der Waals surface area contributed by atoms with Gasteiger partial charge in [-0.2, -0.15) is 0 Å². The number of nitrogens with zero attached hydrogens (tertiary/aromatic N) is 4. The van der Waals surface area contributed by atoms with Crippen molar-refractivity contribution in [2.24, 2.45) is 0 Å². The molecule has 0 spiro atoms. The molecule has 0 saturated carbocycles. The summed E-state index contributed by atoms with van der Waals surface area (Å²) >= 11 is 13.0. The highest BCUT2D eigenvalue weighted by atomic mass is 35.5. The maximum atomic E-state index is 6.64. The fourth-order valence-corrected chi connectivity index (χ4v) is 4.54. The first-order valence-corrected chi connectivity index (χ1v) is 11.9. The number of aromatic nitrogens is 2. The van der Waals surface area contributed by atoms with E-state index < -0.39 is 0 Å². The number of nitrogens with one attached hydrogen (secondary N) is 1. The molecule has 2 aromatic rings. The number of allylic oxidation sites excluding steroid dienone is 5. The van der Waals surface area contributed by atoms with Crippen LogP contribution in [0.2, 0.25) is 5.02 Å². The number of hydrogen-bond acceptors (Lipinski definition) is 6. The zero-order valence-electron chi connectivity index (χ0n) is 20.3. The fourth-order valence-electron chi connectivity index (χ4n) is 3.88. The minimum absolute atomic E-state index is 0.467. The highest BCUT2D eigenvalue weighted by Gasteiger charge is 2.29. The van der Waals surface area contributed by atoms with E-state index in [4.69, 9.17) is 28.9 Å². The topological polar surface area (TPSA) is 70.3 Å². The third-order valence-electron chi connectivity index (χ3n) is 5.70. The zero-order chi connectivity index (χ0) is 25.7. The molecule has 2 aliphatic rings. The first-order valence-electron chi connectivity index (χ1n) is 11.1. The minimum Gasteiger partial charge on any atom is -0.383 e. The van der Waals surface area contributed by atoms with Gasteiger partial charge in [0, 0.05) is 41.0 Å². The standard InChI is InChI=1S/C19H19Cl2N.C8H11N5/c1-5-8-10-14(6-2)22-13(4)18-15(11-9-12-16(18)20)19(21)17(22)7-3;1-5-6-7(9)10-3-11-8(6)12-4-13(5)2/h5-6,8-12H,2,4,7H2,1,3H3;3H,1,4H2,2H3,(H3,9,10,11,12)/b8-5-,14-10+;. The molecular weight excluding hydrogens is 479 g/mol. The number of benzene rings is 1. The van der Waals surface area contributed by atoms with Gasteiger partial charge in [-0.05, 0) is 31.6 Å². The Hall–Kier alpha value is -3.48. The van der Waals surface area contributed by atoms with Crippen molar-refractivity contribution in [1.82, 2.24) is 19.8 Å². The van der Waals surface area contributed by atoms with Crippen molar-refractivity contribution >= 4 is 51.3 Å². The summed E-state index contributed by atoms with van der Waals surface area (Å²) in [6.45, 7) is 16.8. The van der Waals surface area contributed by atoms with E-state index >= 15 is 0 Å². The molecule has 0 saturated heterocycles. The molecule has 0 radical (unpaired) electrons. The highest BCUT2D eigenvalue weighted by molar-refractivity contribution is 6.50. The van der Waals surface area contributed by atoms with Gasteiger partial charge in [0.1, 0.15) is 18.0 Å². The van der Waals surface area contributed by atoms with Gasteiger partial charge in [0.25, 0.3) is 0 Å². The molecule has 3 N–H and O–H groups in total. The number of halogens is 2. The van der Waals surface area contributed by atoms with Gasteiger partial charge < -0.3 is 20.9 Å². The van der Waals surface area contributed by atoms with Gasteiger partial charge in [-0.15, -0.1) is 0 Å². The Morgan fingerprint density at radius 3 is 2.60 bits per heavy atom. The Kier molecular flexibility index (Phi) is 8.43. The fraction of sp³-hybridized carbons (Fsp3) is 0.185. The second kappa shape index (κ2) is 11.3. The first kappa shape index (κ1) is 26.1. The van der Waals surface area contributed by atoms with Crippen LogP contribution in [0, 0.1) is 0 Å². The van der Waals surface area contributed by atoms with Crippen LogP contribution in [0.15, 0.2) is 80.0 Å². The first-order chi connectivity index (χ1) is 16.8. The van der Waals surface area contributed by atoms with Crippen LogP contribution in [-0.4, -0.2) is 33.5 Å². The lowest BCUT2D eigenvalue weighted by molar-refractivity contribution is 0.506. The maximum Gasteiger partial charge on any atom is 0.142 e. The molecule has 0 fully saturated rings. The summed E-state index contributed by atoms with van der Waals surface area (Å²) in [5.41, 5.74) is 11.9. The molecule has 0 aliphatic carbocycles. The molecule has 8 heteroatoms. The van der Waals surface area contributed by atoms with E-state index in [1.54, 1.807) is 6.08 Å². The Labute approximate surface area is 217 Å². The van der Waals surface area contributed by atoms with Crippen molar-refractivity contribution in [1.29, 1.82) is 0 Å². The number of rotatable bonds is 4. The molecule has 0 unspecified atom stereocenters. The normalized spacial score (nSPS) is 15.4. The van der Waals surface area contributed by atoms with Crippen LogP contribution in [0.4, 0.5) is 11.6 Å². The largest absolute Gasteiger partial charge is 0.383 e. The second-order valence-electron chi connectivity index (χ2n) is 7.84. The van der Waals surface area contributed by atoms with E-state index in [-0.39, 0.29) is 0 Å². The third-order valence-corrected chi connectivity index (χ3v) is 6.44. The molecule has 3 heterocycles. The van der Waals surface area contributed by atoms with Crippen LogP contribution in [0.3, 0.4) is 0 Å². The summed E-state index contributed by atoms with van der Waals surface area (Å²) in [6.07, 6.45) is 9.94. The van der Waals surface area contributed by atoms with Crippen LogP contribution < -0.4 is 11.1 Å². The summed E-state index contributed by atoms with van der Waals surface area (Å²) in [7, 11) is 1.94. The molecule has 1 aromatic heterocycles. The highest BCUT2D eigenvalue weighted by Crippen LogP contribution is 2.45. The Morgan fingerprint density at radius 1 is 1.20 bits per heavy atom. The van der Waals surface area contributed by atoms with E-state index in [2.05, 4.69) is 41.9 Å². The van der Waals surface area contributed by atoms with Crippen molar-refractivity contribution in [3.63, 3.8) is 0 Å². The van der Waals surface area contributed by atoms with Crippen LogP contribution >= 0.6 is 23.2 Å². The second-order valence-corrected chi connectivity index (χ2v) is 8.63. The van der Waals surface area contributed by atoms with Gasteiger partial charge >= 0.3 is 0 Å². The average molecular weight is 509 g/mol. The quantitative estimate of drug-likeness (QED) is 0.436. The maximum absolute atomic E-state index is 6.64. The van der Waals surface area contributed by atoms with Crippen molar-refractivity contribution < 1.29 is 0 Å². The molecule has 2 aliphatic heterocycles. The number of hydrogen-bond donors (Lipinski definition) is 2. The minimum atomic E-state index is 0.467. The number of anilines is 2. The van der Waals surface area contributed by atoms with Gasteiger partial charge in [-0.25, -0.2) is 9.97 Å². The van der Waals surface area contributed by atoms with Gasteiger partial charge in [0.05, 0.1) is 22.3 Å². The summed E-state index contributed by atoms with van der Waals surface area (Å²) < 4.78 is 0. The molecular formula is C27H30Cl2N6. The Bertz CT molecular complexity index is 1260. The predicted molar refractivity (Wildman–Crippen MR) is 150 cm³/mol.